The van der Waals surface area contributed by atoms with Crippen LogP contribution in [0.15, 0.2) is 41.3 Å². The number of fused-ring (bicyclic) bond motifs is 1. The van der Waals surface area contributed by atoms with E-state index in [-0.39, 0.29) is 28.9 Å². The molecule has 9 nitrogen and oxygen atoms in total. The van der Waals surface area contributed by atoms with Crippen molar-refractivity contribution in [3.8, 4) is 0 Å². The highest BCUT2D eigenvalue weighted by atomic mass is 16.2. The molecule has 0 unspecified atom stereocenters. The van der Waals surface area contributed by atoms with E-state index in [1.807, 2.05) is 6.07 Å². The molecule has 0 atom stereocenters. The predicted octanol–water partition coefficient (Wildman–Crippen LogP) is 1.77. The number of H-pyrrole nitrogens is 1. The van der Waals surface area contributed by atoms with Crippen molar-refractivity contribution in [1.29, 1.82) is 0 Å². The molecule has 1 aromatic carbocycles. The monoisotopic (exact) mass is 378 g/mol. The van der Waals surface area contributed by atoms with Gasteiger partial charge >= 0.3 is 0 Å². The zero-order valence-corrected chi connectivity index (χ0v) is 15.1. The van der Waals surface area contributed by atoms with Crippen LogP contribution in [0.1, 0.15) is 23.3 Å². The number of rotatable bonds is 5. The van der Waals surface area contributed by atoms with Gasteiger partial charge in [-0.25, -0.2) is 0 Å². The van der Waals surface area contributed by atoms with Crippen LogP contribution in [0, 0.1) is 5.92 Å². The van der Waals surface area contributed by atoms with Gasteiger partial charge in [-0.2, -0.15) is 0 Å². The molecule has 0 aliphatic heterocycles. The maximum absolute atomic E-state index is 12.3. The number of hydrogen-bond donors (Lipinski definition) is 4. The fourth-order valence-corrected chi connectivity index (χ4v) is 2.90. The van der Waals surface area contributed by atoms with Crippen molar-refractivity contribution in [3.05, 3.63) is 52.6 Å². The highest BCUT2D eigenvalue weighted by molar-refractivity contribution is 6.01. The van der Waals surface area contributed by atoms with Crippen molar-refractivity contribution in [3.63, 3.8) is 0 Å². The lowest BCUT2D eigenvalue weighted by Gasteiger charge is -2.13. The van der Waals surface area contributed by atoms with Crippen LogP contribution in [0.5, 0.6) is 0 Å². The van der Waals surface area contributed by atoms with Gasteiger partial charge < -0.3 is 20.9 Å². The van der Waals surface area contributed by atoms with E-state index in [2.05, 4.69) is 31.1 Å². The number of aromatic amines is 1. The highest BCUT2D eigenvalue weighted by Gasteiger charge is 2.30. The summed E-state index contributed by atoms with van der Waals surface area (Å²) in [6, 6.07) is 8.67. The molecule has 2 heterocycles. The zero-order valence-electron chi connectivity index (χ0n) is 15.1. The van der Waals surface area contributed by atoms with Crippen LogP contribution in [0.3, 0.4) is 0 Å². The molecule has 1 aliphatic carbocycles. The Hall–Kier alpha value is -3.75. The predicted molar refractivity (Wildman–Crippen MR) is 105 cm³/mol. The fourth-order valence-electron chi connectivity index (χ4n) is 2.90. The lowest BCUT2D eigenvalue weighted by atomic mass is 10.1. The summed E-state index contributed by atoms with van der Waals surface area (Å²) in [5.41, 5.74) is 0.635. The van der Waals surface area contributed by atoms with Crippen LogP contribution in [0.4, 0.5) is 17.2 Å². The molecule has 142 valence electrons. The number of aromatic nitrogens is 3. The first-order chi connectivity index (χ1) is 13.6. The molecule has 1 saturated carbocycles. The Balaban J connectivity index is 1.75. The number of hydrogen-bond acceptors (Lipinski definition) is 6. The Kier molecular flexibility index (Phi) is 4.48. The molecular formula is C19H18N6O3. The second kappa shape index (κ2) is 7.10. The van der Waals surface area contributed by atoms with E-state index in [0.717, 1.165) is 18.2 Å². The van der Waals surface area contributed by atoms with Crippen LogP contribution < -0.4 is 21.5 Å². The minimum atomic E-state index is -0.441. The van der Waals surface area contributed by atoms with Gasteiger partial charge in [-0.05, 0) is 30.4 Å². The molecule has 9 heteroatoms. The van der Waals surface area contributed by atoms with Crippen molar-refractivity contribution in [2.75, 3.05) is 17.7 Å². The third-order valence-electron chi connectivity index (χ3n) is 4.51. The smallest absolute Gasteiger partial charge is 0.273 e. The number of amides is 2. The van der Waals surface area contributed by atoms with Crippen molar-refractivity contribution < 1.29 is 9.59 Å². The largest absolute Gasteiger partial charge is 0.354 e. The number of nitrogens with zero attached hydrogens (tertiary/aromatic N) is 2. The number of anilines is 3. The maximum Gasteiger partial charge on any atom is 0.273 e. The molecule has 0 radical (unpaired) electrons. The lowest BCUT2D eigenvalue weighted by Crippen LogP contribution is -2.22. The van der Waals surface area contributed by atoms with E-state index in [4.69, 9.17) is 0 Å². The SMILES string of the molecule is CNC(=O)c1nnc(NC(=O)C2CC2)cc1Nc1cccc2cc[nH]c(=O)c12. The minimum Gasteiger partial charge on any atom is -0.354 e. The molecular weight excluding hydrogens is 360 g/mol. The van der Waals surface area contributed by atoms with E-state index in [1.165, 1.54) is 13.1 Å². The number of carbonyl (C=O) groups excluding carboxylic acids is 2. The quantitative estimate of drug-likeness (QED) is 0.536. The maximum atomic E-state index is 12.3. The van der Waals surface area contributed by atoms with E-state index < -0.39 is 5.91 Å². The summed E-state index contributed by atoms with van der Waals surface area (Å²) in [4.78, 5) is 39.2. The lowest BCUT2D eigenvalue weighted by molar-refractivity contribution is -0.117. The van der Waals surface area contributed by atoms with Crippen LogP contribution in [0.2, 0.25) is 0 Å². The molecule has 4 rings (SSSR count). The molecule has 28 heavy (non-hydrogen) atoms. The molecule has 4 N–H and O–H groups in total. The normalized spacial score (nSPS) is 13.2. The fraction of sp³-hybridized carbons (Fsp3) is 0.211. The molecule has 2 aromatic heterocycles. The molecule has 2 amide bonds. The Morgan fingerprint density at radius 1 is 1.14 bits per heavy atom. The summed E-state index contributed by atoms with van der Waals surface area (Å²) in [7, 11) is 1.49. The summed E-state index contributed by atoms with van der Waals surface area (Å²) in [5.74, 6) is -0.312. The number of benzene rings is 1. The van der Waals surface area contributed by atoms with Gasteiger partial charge in [0.25, 0.3) is 11.5 Å². The van der Waals surface area contributed by atoms with Crippen molar-refractivity contribution >= 4 is 39.8 Å². The standard InChI is InChI=1S/C19H18N6O3/c1-20-19(28)16-13(9-14(24-25-16)23-17(26)11-5-6-11)22-12-4-2-3-10-7-8-21-18(27)15(10)12/h2-4,7-9,11H,5-6H2,1H3,(H,20,28)(H,21,27)(H2,22,23,24,26). The highest BCUT2D eigenvalue weighted by Crippen LogP contribution is 2.31. The van der Waals surface area contributed by atoms with Crippen molar-refractivity contribution in [2.45, 2.75) is 12.8 Å². The molecule has 1 fully saturated rings. The Bertz CT molecular complexity index is 1130. The summed E-state index contributed by atoms with van der Waals surface area (Å²) < 4.78 is 0. The third-order valence-corrected chi connectivity index (χ3v) is 4.51. The van der Waals surface area contributed by atoms with E-state index >= 15 is 0 Å². The Morgan fingerprint density at radius 3 is 2.71 bits per heavy atom. The molecule has 0 bridgehead atoms. The van der Waals surface area contributed by atoms with Crippen molar-refractivity contribution in [1.82, 2.24) is 20.5 Å². The molecule has 1 aliphatic rings. The van der Waals surface area contributed by atoms with E-state index in [9.17, 15) is 14.4 Å². The van der Waals surface area contributed by atoms with Crippen LogP contribution >= 0.6 is 0 Å². The van der Waals surface area contributed by atoms with Gasteiger partial charge in [0.1, 0.15) is 0 Å². The molecule has 0 saturated heterocycles. The van der Waals surface area contributed by atoms with Gasteiger partial charge in [0.2, 0.25) is 5.91 Å². The van der Waals surface area contributed by atoms with Gasteiger partial charge in [0.15, 0.2) is 11.5 Å². The average molecular weight is 378 g/mol. The number of nitrogens with one attached hydrogen (secondary N) is 4. The van der Waals surface area contributed by atoms with Gasteiger partial charge in [-0.15, -0.1) is 10.2 Å². The average Bonchev–Trinajstić information content (AvgIpc) is 3.53. The van der Waals surface area contributed by atoms with Crippen LogP contribution in [0.25, 0.3) is 10.8 Å². The zero-order chi connectivity index (χ0) is 19.7. The summed E-state index contributed by atoms with van der Waals surface area (Å²) in [6.07, 6.45) is 3.29. The van der Waals surface area contributed by atoms with Crippen LogP contribution in [-0.4, -0.2) is 34.0 Å². The Morgan fingerprint density at radius 2 is 1.96 bits per heavy atom. The topological polar surface area (TPSA) is 129 Å². The molecule has 3 aromatic rings. The summed E-state index contributed by atoms with van der Waals surface area (Å²) in [5, 5.41) is 17.4. The number of pyridine rings is 1. The Labute approximate surface area is 159 Å². The van der Waals surface area contributed by atoms with E-state index in [0.29, 0.717) is 16.8 Å². The van der Waals surface area contributed by atoms with Gasteiger partial charge in [-0.1, -0.05) is 12.1 Å². The minimum absolute atomic E-state index is 0.00783. The van der Waals surface area contributed by atoms with Gasteiger partial charge in [0.05, 0.1) is 16.8 Å². The number of carbonyl (C=O) groups is 2. The second-order valence-electron chi connectivity index (χ2n) is 6.54. The summed E-state index contributed by atoms with van der Waals surface area (Å²) in [6.45, 7) is 0. The van der Waals surface area contributed by atoms with Gasteiger partial charge in [0, 0.05) is 25.2 Å². The first-order valence-electron chi connectivity index (χ1n) is 8.85. The van der Waals surface area contributed by atoms with Crippen LogP contribution in [-0.2, 0) is 4.79 Å². The van der Waals surface area contributed by atoms with Gasteiger partial charge in [-0.3, -0.25) is 14.4 Å². The molecule has 0 spiro atoms. The third kappa shape index (κ3) is 3.41. The first kappa shape index (κ1) is 17.7. The summed E-state index contributed by atoms with van der Waals surface area (Å²) >= 11 is 0. The van der Waals surface area contributed by atoms with E-state index in [1.54, 1.807) is 24.4 Å². The first-order valence-corrected chi connectivity index (χ1v) is 8.85. The second-order valence-corrected chi connectivity index (χ2v) is 6.54. The van der Waals surface area contributed by atoms with Crippen molar-refractivity contribution in [2.24, 2.45) is 5.92 Å².